The van der Waals surface area contributed by atoms with Gasteiger partial charge in [0.2, 0.25) is 5.76 Å². The molecular formula is C11H9NO2S. The Morgan fingerprint density at radius 2 is 2.20 bits per heavy atom. The van der Waals surface area contributed by atoms with Crippen molar-refractivity contribution in [1.29, 1.82) is 5.26 Å². The molecule has 0 saturated carbocycles. The Hall–Kier alpha value is -1.60. The van der Waals surface area contributed by atoms with E-state index in [2.05, 4.69) is 12.6 Å². The number of furan rings is 1. The van der Waals surface area contributed by atoms with Gasteiger partial charge in [0.1, 0.15) is 11.7 Å². The van der Waals surface area contributed by atoms with Crippen LogP contribution in [0.15, 0.2) is 28.7 Å². The van der Waals surface area contributed by atoms with E-state index in [9.17, 15) is 0 Å². The Labute approximate surface area is 92.7 Å². The molecule has 0 radical (unpaired) electrons. The summed E-state index contributed by atoms with van der Waals surface area (Å²) in [5.74, 6) is 1.34. The molecule has 2 rings (SSSR count). The van der Waals surface area contributed by atoms with Crippen molar-refractivity contribution in [3.05, 3.63) is 30.0 Å². The standard InChI is InChI=1S/C11H9NO2S/c12-7-10-11(13-5-6-15)8-3-1-2-4-9(8)14-10/h1-4,15H,5-6H2. The van der Waals surface area contributed by atoms with Gasteiger partial charge in [0, 0.05) is 5.75 Å². The number of ether oxygens (including phenoxy) is 1. The Bertz CT molecular complexity index is 513. The van der Waals surface area contributed by atoms with Gasteiger partial charge < -0.3 is 9.15 Å². The first-order chi connectivity index (χ1) is 7.36. The average Bonchev–Trinajstić information content (AvgIpc) is 2.64. The molecule has 1 aromatic carbocycles. The monoisotopic (exact) mass is 219 g/mol. The fourth-order valence-electron chi connectivity index (χ4n) is 1.39. The van der Waals surface area contributed by atoms with Crippen LogP contribution in [0.2, 0.25) is 0 Å². The van der Waals surface area contributed by atoms with E-state index in [4.69, 9.17) is 14.4 Å². The van der Waals surface area contributed by atoms with Crippen LogP contribution in [0.25, 0.3) is 11.0 Å². The van der Waals surface area contributed by atoms with Gasteiger partial charge in [0.15, 0.2) is 5.75 Å². The summed E-state index contributed by atoms with van der Waals surface area (Å²) in [6, 6.07) is 9.39. The van der Waals surface area contributed by atoms with E-state index < -0.39 is 0 Å². The number of nitrogens with zero attached hydrogens (tertiary/aromatic N) is 1. The van der Waals surface area contributed by atoms with Crippen LogP contribution in [-0.4, -0.2) is 12.4 Å². The fraction of sp³-hybridized carbons (Fsp3) is 0.182. The molecule has 0 N–H and O–H groups in total. The molecule has 0 aliphatic rings. The molecule has 0 amide bonds. The first kappa shape index (κ1) is 9.94. The molecule has 0 bridgehead atoms. The Kier molecular flexibility index (Phi) is 2.84. The average molecular weight is 219 g/mol. The highest BCUT2D eigenvalue weighted by Crippen LogP contribution is 2.32. The SMILES string of the molecule is N#Cc1oc2ccccc2c1OCCS. The molecule has 0 atom stereocenters. The van der Waals surface area contributed by atoms with Gasteiger partial charge in [0.25, 0.3) is 0 Å². The number of para-hydroxylation sites is 1. The van der Waals surface area contributed by atoms with Crippen molar-refractivity contribution in [2.24, 2.45) is 0 Å². The maximum Gasteiger partial charge on any atom is 0.246 e. The summed E-state index contributed by atoms with van der Waals surface area (Å²) in [5.41, 5.74) is 0.670. The molecule has 0 unspecified atom stereocenters. The Balaban J connectivity index is 2.53. The van der Waals surface area contributed by atoms with Gasteiger partial charge >= 0.3 is 0 Å². The number of rotatable bonds is 3. The molecule has 0 saturated heterocycles. The van der Waals surface area contributed by atoms with Crippen LogP contribution in [0.3, 0.4) is 0 Å². The second-order valence-electron chi connectivity index (χ2n) is 2.94. The van der Waals surface area contributed by atoms with Crippen LogP contribution in [0, 0.1) is 11.3 Å². The third-order valence-electron chi connectivity index (χ3n) is 1.99. The largest absolute Gasteiger partial charge is 0.487 e. The molecule has 0 aliphatic carbocycles. The maximum atomic E-state index is 8.88. The van der Waals surface area contributed by atoms with Gasteiger partial charge in [-0.25, -0.2) is 0 Å². The van der Waals surface area contributed by atoms with Gasteiger partial charge in [-0.3, -0.25) is 0 Å². The second-order valence-corrected chi connectivity index (χ2v) is 3.39. The number of hydrogen-bond donors (Lipinski definition) is 1. The van der Waals surface area contributed by atoms with Crippen LogP contribution in [0.4, 0.5) is 0 Å². The summed E-state index contributed by atoms with van der Waals surface area (Å²) in [6.07, 6.45) is 0. The van der Waals surface area contributed by atoms with Gasteiger partial charge in [-0.15, -0.1) is 0 Å². The number of hydrogen-bond acceptors (Lipinski definition) is 4. The smallest absolute Gasteiger partial charge is 0.246 e. The lowest BCUT2D eigenvalue weighted by molar-refractivity contribution is 0.340. The van der Waals surface area contributed by atoms with Crippen LogP contribution in [0.5, 0.6) is 5.75 Å². The minimum atomic E-state index is 0.220. The van der Waals surface area contributed by atoms with Crippen LogP contribution in [-0.2, 0) is 0 Å². The molecule has 0 spiro atoms. The van der Waals surface area contributed by atoms with E-state index in [1.807, 2.05) is 30.3 Å². The molecule has 1 heterocycles. The van der Waals surface area contributed by atoms with Crippen molar-refractivity contribution < 1.29 is 9.15 Å². The van der Waals surface area contributed by atoms with Gasteiger partial charge in [0.05, 0.1) is 12.0 Å². The molecule has 0 fully saturated rings. The summed E-state index contributed by atoms with van der Waals surface area (Å²) in [5, 5.41) is 9.71. The van der Waals surface area contributed by atoms with Crippen molar-refractivity contribution >= 4 is 23.6 Å². The minimum Gasteiger partial charge on any atom is -0.487 e. The topological polar surface area (TPSA) is 46.2 Å². The summed E-state index contributed by atoms with van der Waals surface area (Å²) in [7, 11) is 0. The predicted molar refractivity (Wildman–Crippen MR) is 60.3 cm³/mol. The van der Waals surface area contributed by atoms with E-state index in [-0.39, 0.29) is 5.76 Å². The summed E-state index contributed by atoms with van der Waals surface area (Å²) in [4.78, 5) is 0. The van der Waals surface area contributed by atoms with Crippen LogP contribution < -0.4 is 4.74 Å². The van der Waals surface area contributed by atoms with Crippen molar-refractivity contribution in [2.45, 2.75) is 0 Å². The maximum absolute atomic E-state index is 8.88. The van der Waals surface area contributed by atoms with Crippen molar-refractivity contribution in [1.82, 2.24) is 0 Å². The summed E-state index contributed by atoms with van der Waals surface area (Å²) in [6.45, 7) is 0.460. The normalized spacial score (nSPS) is 10.1. The van der Waals surface area contributed by atoms with E-state index in [1.165, 1.54) is 0 Å². The number of fused-ring (bicyclic) bond motifs is 1. The molecule has 0 aliphatic heterocycles. The van der Waals surface area contributed by atoms with Crippen molar-refractivity contribution in [3.8, 4) is 11.8 Å². The third kappa shape index (κ3) is 1.79. The van der Waals surface area contributed by atoms with Crippen LogP contribution in [0.1, 0.15) is 5.76 Å². The zero-order valence-corrected chi connectivity index (χ0v) is 8.83. The minimum absolute atomic E-state index is 0.220. The predicted octanol–water partition coefficient (Wildman–Crippen LogP) is 2.61. The van der Waals surface area contributed by atoms with E-state index >= 15 is 0 Å². The highest BCUT2D eigenvalue weighted by atomic mass is 32.1. The molecule has 1 aromatic heterocycles. The van der Waals surface area contributed by atoms with Gasteiger partial charge in [-0.2, -0.15) is 17.9 Å². The van der Waals surface area contributed by atoms with Crippen LogP contribution >= 0.6 is 12.6 Å². The van der Waals surface area contributed by atoms with Crippen molar-refractivity contribution in [2.75, 3.05) is 12.4 Å². The van der Waals surface area contributed by atoms with E-state index in [0.717, 1.165) is 5.39 Å². The lowest BCUT2D eigenvalue weighted by atomic mass is 10.2. The Morgan fingerprint density at radius 1 is 1.40 bits per heavy atom. The number of benzene rings is 1. The van der Waals surface area contributed by atoms with Crippen molar-refractivity contribution in [3.63, 3.8) is 0 Å². The lowest BCUT2D eigenvalue weighted by Gasteiger charge is -2.00. The Morgan fingerprint density at radius 3 is 2.93 bits per heavy atom. The number of nitriles is 1. The molecule has 15 heavy (non-hydrogen) atoms. The molecule has 4 heteroatoms. The van der Waals surface area contributed by atoms with Gasteiger partial charge in [-0.05, 0) is 12.1 Å². The zero-order chi connectivity index (χ0) is 10.7. The quantitative estimate of drug-likeness (QED) is 0.807. The molecule has 2 aromatic rings. The lowest BCUT2D eigenvalue weighted by Crippen LogP contribution is -1.98. The highest BCUT2D eigenvalue weighted by Gasteiger charge is 2.14. The first-order valence-electron chi connectivity index (χ1n) is 4.52. The molecular weight excluding hydrogens is 210 g/mol. The highest BCUT2D eigenvalue weighted by molar-refractivity contribution is 7.80. The zero-order valence-electron chi connectivity index (χ0n) is 7.93. The number of thiol groups is 1. The van der Waals surface area contributed by atoms with E-state index in [1.54, 1.807) is 0 Å². The molecule has 76 valence electrons. The second kappa shape index (κ2) is 4.28. The van der Waals surface area contributed by atoms with E-state index in [0.29, 0.717) is 23.7 Å². The van der Waals surface area contributed by atoms with Gasteiger partial charge in [-0.1, -0.05) is 12.1 Å². The summed E-state index contributed by atoms with van der Waals surface area (Å²) < 4.78 is 10.8. The molecule has 3 nitrogen and oxygen atoms in total. The fourth-order valence-corrected chi connectivity index (χ4v) is 1.48. The first-order valence-corrected chi connectivity index (χ1v) is 5.15. The third-order valence-corrected chi connectivity index (χ3v) is 2.17. The summed E-state index contributed by atoms with van der Waals surface area (Å²) >= 11 is 4.05.